The van der Waals surface area contributed by atoms with Crippen LogP contribution in [0.3, 0.4) is 0 Å². The van der Waals surface area contributed by atoms with Crippen molar-refractivity contribution in [2.45, 2.75) is 39.3 Å². The van der Waals surface area contributed by atoms with Crippen LogP contribution in [0.2, 0.25) is 0 Å². The SMILES string of the molecule is C[C@H]1CN(C(=O)OC(C)(C)C)CCN1c1ccc(O)cc1F. The summed E-state index contributed by atoms with van der Waals surface area (Å²) in [7, 11) is 0. The Hall–Kier alpha value is -1.98. The molecule has 1 saturated heterocycles. The third kappa shape index (κ3) is 3.81. The number of anilines is 1. The van der Waals surface area contributed by atoms with Crippen molar-refractivity contribution in [1.82, 2.24) is 4.90 Å². The van der Waals surface area contributed by atoms with E-state index in [1.165, 1.54) is 6.07 Å². The summed E-state index contributed by atoms with van der Waals surface area (Å²) < 4.78 is 19.3. The largest absolute Gasteiger partial charge is 0.508 e. The van der Waals surface area contributed by atoms with Crippen molar-refractivity contribution in [2.24, 2.45) is 0 Å². The lowest BCUT2D eigenvalue weighted by molar-refractivity contribution is 0.0218. The van der Waals surface area contributed by atoms with E-state index >= 15 is 0 Å². The molecule has 0 radical (unpaired) electrons. The third-order valence-electron chi connectivity index (χ3n) is 3.52. The van der Waals surface area contributed by atoms with Gasteiger partial charge in [0, 0.05) is 31.7 Å². The van der Waals surface area contributed by atoms with E-state index in [0.29, 0.717) is 25.3 Å². The fourth-order valence-corrected chi connectivity index (χ4v) is 2.54. The first-order valence-corrected chi connectivity index (χ1v) is 7.40. The fourth-order valence-electron chi connectivity index (χ4n) is 2.54. The van der Waals surface area contributed by atoms with E-state index in [9.17, 15) is 14.3 Å². The lowest BCUT2D eigenvalue weighted by atomic mass is 10.1. The summed E-state index contributed by atoms with van der Waals surface area (Å²) in [6, 6.07) is 4.08. The van der Waals surface area contributed by atoms with Crippen LogP contribution < -0.4 is 4.90 Å². The van der Waals surface area contributed by atoms with Gasteiger partial charge in [-0.25, -0.2) is 9.18 Å². The van der Waals surface area contributed by atoms with Gasteiger partial charge in [0.2, 0.25) is 0 Å². The molecule has 6 heteroatoms. The number of hydrogen-bond acceptors (Lipinski definition) is 4. The number of rotatable bonds is 1. The number of ether oxygens (including phenoxy) is 1. The van der Waals surface area contributed by atoms with Gasteiger partial charge in [-0.15, -0.1) is 0 Å². The van der Waals surface area contributed by atoms with Crippen molar-refractivity contribution in [1.29, 1.82) is 0 Å². The van der Waals surface area contributed by atoms with E-state index in [2.05, 4.69) is 0 Å². The van der Waals surface area contributed by atoms with Gasteiger partial charge in [0.05, 0.1) is 5.69 Å². The molecule has 0 aromatic heterocycles. The molecule has 2 rings (SSSR count). The minimum atomic E-state index is -0.527. The predicted molar refractivity (Wildman–Crippen MR) is 82.7 cm³/mol. The molecule has 0 saturated carbocycles. The van der Waals surface area contributed by atoms with Crippen molar-refractivity contribution >= 4 is 11.8 Å². The number of carbonyl (C=O) groups excluding carboxylic acids is 1. The van der Waals surface area contributed by atoms with Gasteiger partial charge >= 0.3 is 6.09 Å². The second-order valence-electron chi connectivity index (χ2n) is 6.60. The molecular weight excluding hydrogens is 287 g/mol. The molecule has 1 heterocycles. The molecule has 122 valence electrons. The summed E-state index contributed by atoms with van der Waals surface area (Å²) in [5, 5.41) is 9.30. The first-order chi connectivity index (χ1) is 10.2. The molecule has 1 atom stereocenters. The van der Waals surface area contributed by atoms with Crippen molar-refractivity contribution in [3.8, 4) is 5.75 Å². The van der Waals surface area contributed by atoms with Crippen LogP contribution in [0.25, 0.3) is 0 Å². The monoisotopic (exact) mass is 310 g/mol. The van der Waals surface area contributed by atoms with E-state index in [1.807, 2.05) is 32.6 Å². The Morgan fingerprint density at radius 2 is 2.05 bits per heavy atom. The number of aromatic hydroxyl groups is 1. The average molecular weight is 310 g/mol. The number of nitrogens with zero attached hydrogens (tertiary/aromatic N) is 2. The lowest BCUT2D eigenvalue weighted by Crippen LogP contribution is -2.54. The molecular formula is C16H23FN2O3. The molecule has 22 heavy (non-hydrogen) atoms. The van der Waals surface area contributed by atoms with Crippen LogP contribution in [-0.4, -0.2) is 47.4 Å². The van der Waals surface area contributed by atoms with Crippen molar-refractivity contribution in [2.75, 3.05) is 24.5 Å². The highest BCUT2D eigenvalue weighted by Gasteiger charge is 2.30. The molecule has 1 aromatic rings. The van der Waals surface area contributed by atoms with E-state index in [0.717, 1.165) is 6.07 Å². The van der Waals surface area contributed by atoms with Gasteiger partial charge in [-0.2, -0.15) is 0 Å². The number of piperazine rings is 1. The molecule has 1 N–H and O–H groups in total. The van der Waals surface area contributed by atoms with E-state index in [4.69, 9.17) is 4.74 Å². The highest BCUT2D eigenvalue weighted by atomic mass is 19.1. The quantitative estimate of drug-likeness (QED) is 0.866. The van der Waals surface area contributed by atoms with Crippen LogP contribution in [0.4, 0.5) is 14.9 Å². The number of hydrogen-bond donors (Lipinski definition) is 1. The average Bonchev–Trinajstić information content (AvgIpc) is 2.37. The summed E-state index contributed by atoms with van der Waals surface area (Å²) in [6.07, 6.45) is -0.342. The smallest absolute Gasteiger partial charge is 0.410 e. The summed E-state index contributed by atoms with van der Waals surface area (Å²) in [5.74, 6) is -0.557. The Kier molecular flexibility index (Phi) is 4.49. The zero-order valence-electron chi connectivity index (χ0n) is 13.5. The summed E-state index contributed by atoms with van der Waals surface area (Å²) in [6.45, 7) is 8.88. The summed E-state index contributed by atoms with van der Waals surface area (Å²) in [5.41, 5.74) is -0.0882. The van der Waals surface area contributed by atoms with Gasteiger partial charge in [0.15, 0.2) is 0 Å². The molecule has 0 bridgehead atoms. The van der Waals surface area contributed by atoms with Gasteiger partial charge in [-0.05, 0) is 39.8 Å². The predicted octanol–water partition coefficient (Wildman–Crippen LogP) is 2.98. The molecule has 0 spiro atoms. The molecule has 5 nitrogen and oxygen atoms in total. The third-order valence-corrected chi connectivity index (χ3v) is 3.52. The minimum absolute atomic E-state index is 0.0414. The molecule has 1 aromatic carbocycles. The van der Waals surface area contributed by atoms with Crippen molar-refractivity contribution < 1.29 is 19.0 Å². The maximum absolute atomic E-state index is 14.0. The zero-order valence-corrected chi connectivity index (χ0v) is 13.5. The van der Waals surface area contributed by atoms with Crippen LogP contribution >= 0.6 is 0 Å². The molecule has 1 aliphatic heterocycles. The first kappa shape index (κ1) is 16.4. The zero-order chi connectivity index (χ0) is 16.5. The van der Waals surface area contributed by atoms with E-state index in [-0.39, 0.29) is 17.9 Å². The Morgan fingerprint density at radius 1 is 1.36 bits per heavy atom. The van der Waals surface area contributed by atoms with Crippen LogP contribution in [0.1, 0.15) is 27.7 Å². The molecule has 1 aliphatic rings. The Morgan fingerprint density at radius 3 is 2.59 bits per heavy atom. The molecule has 0 aliphatic carbocycles. The number of phenols is 1. The number of halogens is 1. The molecule has 1 amide bonds. The Balaban J connectivity index is 2.05. The van der Waals surface area contributed by atoms with Gasteiger partial charge in [0.25, 0.3) is 0 Å². The molecule has 0 unspecified atom stereocenters. The normalized spacial score (nSPS) is 19.2. The van der Waals surface area contributed by atoms with Crippen molar-refractivity contribution in [3.05, 3.63) is 24.0 Å². The molecule has 1 fully saturated rings. The van der Waals surface area contributed by atoms with Crippen LogP contribution in [-0.2, 0) is 4.74 Å². The Labute approximate surface area is 130 Å². The number of amides is 1. The number of benzene rings is 1. The summed E-state index contributed by atoms with van der Waals surface area (Å²) >= 11 is 0. The summed E-state index contributed by atoms with van der Waals surface area (Å²) in [4.78, 5) is 15.6. The second kappa shape index (κ2) is 6.02. The van der Waals surface area contributed by atoms with Crippen LogP contribution in [0.15, 0.2) is 18.2 Å². The Bertz CT molecular complexity index is 557. The standard InChI is InChI=1S/C16H23FN2O3/c1-11-10-18(15(21)22-16(2,3)4)7-8-19(11)14-6-5-12(20)9-13(14)17/h5-6,9,11,20H,7-8,10H2,1-4H3/t11-/m0/s1. The van der Waals surface area contributed by atoms with Gasteiger partial charge in [-0.1, -0.05) is 0 Å². The van der Waals surface area contributed by atoms with Crippen molar-refractivity contribution in [3.63, 3.8) is 0 Å². The van der Waals surface area contributed by atoms with E-state index in [1.54, 1.807) is 11.0 Å². The maximum Gasteiger partial charge on any atom is 0.410 e. The van der Waals surface area contributed by atoms with Gasteiger partial charge < -0.3 is 19.6 Å². The van der Waals surface area contributed by atoms with E-state index < -0.39 is 11.4 Å². The maximum atomic E-state index is 14.0. The van der Waals surface area contributed by atoms with Crippen LogP contribution in [0.5, 0.6) is 5.75 Å². The number of carbonyl (C=O) groups is 1. The van der Waals surface area contributed by atoms with Gasteiger partial charge in [0.1, 0.15) is 17.2 Å². The first-order valence-electron chi connectivity index (χ1n) is 7.40. The fraction of sp³-hybridized carbons (Fsp3) is 0.562. The van der Waals surface area contributed by atoms with Crippen LogP contribution in [0, 0.1) is 5.82 Å². The lowest BCUT2D eigenvalue weighted by Gasteiger charge is -2.41. The second-order valence-corrected chi connectivity index (χ2v) is 6.60. The van der Waals surface area contributed by atoms with Gasteiger partial charge in [-0.3, -0.25) is 0 Å². The highest BCUT2D eigenvalue weighted by molar-refractivity contribution is 5.69. The highest BCUT2D eigenvalue weighted by Crippen LogP contribution is 2.27. The minimum Gasteiger partial charge on any atom is -0.508 e. The number of phenolic OH excluding ortho intramolecular Hbond substituents is 1. The topological polar surface area (TPSA) is 53.0 Å².